The molecular formula is C11H19N3S. The fourth-order valence-corrected chi connectivity index (χ4v) is 3.14. The summed E-state index contributed by atoms with van der Waals surface area (Å²) in [5.74, 6) is 0. The van der Waals surface area contributed by atoms with Gasteiger partial charge in [0.25, 0.3) is 0 Å². The Morgan fingerprint density at radius 3 is 2.80 bits per heavy atom. The molecule has 2 heterocycles. The number of nitrogens with zero attached hydrogens (tertiary/aromatic N) is 2. The summed E-state index contributed by atoms with van der Waals surface area (Å²) in [7, 11) is 2.19. The van der Waals surface area contributed by atoms with Crippen molar-refractivity contribution in [2.45, 2.75) is 25.3 Å². The second kappa shape index (κ2) is 4.60. The number of hydrogen-bond donors (Lipinski definition) is 1. The van der Waals surface area contributed by atoms with Crippen LogP contribution in [-0.4, -0.2) is 36.6 Å². The zero-order chi connectivity index (χ0) is 10.7. The quantitative estimate of drug-likeness (QED) is 0.848. The average molecular weight is 225 g/mol. The van der Waals surface area contributed by atoms with Gasteiger partial charge in [-0.1, -0.05) is 6.92 Å². The Kier molecular flexibility index (Phi) is 3.38. The molecule has 1 fully saturated rings. The second-order valence-corrected chi connectivity index (χ2v) is 5.15. The van der Waals surface area contributed by atoms with E-state index >= 15 is 0 Å². The van der Waals surface area contributed by atoms with Gasteiger partial charge >= 0.3 is 0 Å². The number of hydrogen-bond acceptors (Lipinski definition) is 4. The van der Waals surface area contributed by atoms with Crippen molar-refractivity contribution in [3.05, 3.63) is 16.6 Å². The maximum atomic E-state index is 4.49. The van der Waals surface area contributed by atoms with Crippen molar-refractivity contribution in [1.29, 1.82) is 0 Å². The first kappa shape index (κ1) is 11.0. The van der Waals surface area contributed by atoms with Crippen LogP contribution in [0.5, 0.6) is 0 Å². The lowest BCUT2D eigenvalue weighted by molar-refractivity contribution is 0.158. The van der Waals surface area contributed by atoms with E-state index in [0.717, 1.165) is 19.6 Å². The van der Waals surface area contributed by atoms with E-state index in [1.54, 1.807) is 11.3 Å². The summed E-state index contributed by atoms with van der Waals surface area (Å²) in [5.41, 5.74) is 0.148. The summed E-state index contributed by atoms with van der Waals surface area (Å²) >= 11 is 1.78. The summed E-state index contributed by atoms with van der Waals surface area (Å²) in [6.45, 7) is 5.51. The third kappa shape index (κ3) is 2.22. The standard InChI is InChI=1S/C11H19N3S/c1-3-13-11(10-12-6-9-15-10)4-7-14(2)8-5-11/h6,9,13H,3-5,7-8H2,1-2H3. The number of piperidine rings is 1. The Balaban J connectivity index is 2.18. The largest absolute Gasteiger partial charge is 0.306 e. The van der Waals surface area contributed by atoms with E-state index in [2.05, 4.69) is 34.6 Å². The Morgan fingerprint density at radius 1 is 1.53 bits per heavy atom. The van der Waals surface area contributed by atoms with Crippen LogP contribution in [-0.2, 0) is 5.54 Å². The summed E-state index contributed by atoms with van der Waals surface area (Å²) in [5, 5.41) is 6.98. The molecule has 84 valence electrons. The van der Waals surface area contributed by atoms with E-state index in [1.807, 2.05) is 6.20 Å². The first-order valence-electron chi connectivity index (χ1n) is 5.60. The van der Waals surface area contributed by atoms with Crippen LogP contribution in [0.4, 0.5) is 0 Å². The highest BCUT2D eigenvalue weighted by Crippen LogP contribution is 2.33. The number of thiazole rings is 1. The highest BCUT2D eigenvalue weighted by Gasteiger charge is 2.36. The van der Waals surface area contributed by atoms with Gasteiger partial charge in [-0.2, -0.15) is 0 Å². The maximum Gasteiger partial charge on any atom is 0.113 e. The summed E-state index contributed by atoms with van der Waals surface area (Å²) in [6.07, 6.45) is 4.26. The van der Waals surface area contributed by atoms with Crippen molar-refractivity contribution < 1.29 is 0 Å². The molecule has 0 bridgehead atoms. The van der Waals surface area contributed by atoms with Gasteiger partial charge in [-0.25, -0.2) is 4.98 Å². The molecule has 0 spiro atoms. The van der Waals surface area contributed by atoms with E-state index in [9.17, 15) is 0 Å². The minimum atomic E-state index is 0.148. The van der Waals surface area contributed by atoms with Gasteiger partial charge in [-0.05, 0) is 26.4 Å². The third-order valence-electron chi connectivity index (χ3n) is 3.20. The molecule has 1 aromatic heterocycles. The zero-order valence-corrected chi connectivity index (χ0v) is 10.3. The molecule has 3 nitrogen and oxygen atoms in total. The van der Waals surface area contributed by atoms with Crippen LogP contribution < -0.4 is 5.32 Å². The number of rotatable bonds is 3. The summed E-state index contributed by atoms with van der Waals surface area (Å²) in [6, 6.07) is 0. The summed E-state index contributed by atoms with van der Waals surface area (Å²) in [4.78, 5) is 6.89. The smallest absolute Gasteiger partial charge is 0.113 e. The van der Waals surface area contributed by atoms with Gasteiger partial charge < -0.3 is 10.2 Å². The normalized spacial score (nSPS) is 21.7. The minimum Gasteiger partial charge on any atom is -0.306 e. The van der Waals surface area contributed by atoms with Crippen LogP contribution in [0.2, 0.25) is 0 Å². The van der Waals surface area contributed by atoms with E-state index in [-0.39, 0.29) is 5.54 Å². The Bertz CT molecular complexity index is 289. The first-order chi connectivity index (χ1) is 7.27. The molecule has 15 heavy (non-hydrogen) atoms. The maximum absolute atomic E-state index is 4.49. The van der Waals surface area contributed by atoms with E-state index in [4.69, 9.17) is 0 Å². The predicted molar refractivity (Wildman–Crippen MR) is 64.2 cm³/mol. The van der Waals surface area contributed by atoms with Gasteiger partial charge in [-0.15, -0.1) is 11.3 Å². The van der Waals surface area contributed by atoms with E-state index < -0.39 is 0 Å². The van der Waals surface area contributed by atoms with Gasteiger partial charge in [0.2, 0.25) is 0 Å². The van der Waals surface area contributed by atoms with Crippen LogP contribution in [0.25, 0.3) is 0 Å². The molecule has 0 radical (unpaired) electrons. The van der Waals surface area contributed by atoms with Crippen molar-refractivity contribution in [2.24, 2.45) is 0 Å². The fourth-order valence-electron chi connectivity index (χ4n) is 2.26. The first-order valence-corrected chi connectivity index (χ1v) is 6.48. The van der Waals surface area contributed by atoms with Gasteiger partial charge in [0.15, 0.2) is 0 Å². The lowest BCUT2D eigenvalue weighted by Crippen LogP contribution is -2.50. The molecule has 4 heteroatoms. The van der Waals surface area contributed by atoms with Crippen LogP contribution in [0.15, 0.2) is 11.6 Å². The van der Waals surface area contributed by atoms with Gasteiger partial charge in [0, 0.05) is 24.7 Å². The van der Waals surface area contributed by atoms with E-state index in [1.165, 1.54) is 17.8 Å². The Hall–Kier alpha value is -0.450. The average Bonchev–Trinajstić information content (AvgIpc) is 2.76. The van der Waals surface area contributed by atoms with Crippen LogP contribution in [0, 0.1) is 0 Å². The molecule has 0 unspecified atom stereocenters. The fraction of sp³-hybridized carbons (Fsp3) is 0.727. The molecule has 0 saturated carbocycles. The number of aromatic nitrogens is 1. The summed E-state index contributed by atoms with van der Waals surface area (Å²) < 4.78 is 0. The van der Waals surface area contributed by atoms with Gasteiger partial charge in [0.05, 0.1) is 5.54 Å². The number of likely N-dealkylation sites (tertiary alicyclic amines) is 1. The monoisotopic (exact) mass is 225 g/mol. The predicted octanol–water partition coefficient (Wildman–Crippen LogP) is 1.67. The lowest BCUT2D eigenvalue weighted by atomic mass is 9.88. The van der Waals surface area contributed by atoms with Gasteiger partial charge in [0.1, 0.15) is 5.01 Å². The molecule has 1 aliphatic rings. The van der Waals surface area contributed by atoms with Crippen molar-refractivity contribution in [2.75, 3.05) is 26.7 Å². The van der Waals surface area contributed by atoms with Crippen LogP contribution in [0.1, 0.15) is 24.8 Å². The molecule has 0 amide bonds. The molecule has 1 aliphatic heterocycles. The molecule has 0 atom stereocenters. The minimum absolute atomic E-state index is 0.148. The molecule has 0 aliphatic carbocycles. The number of nitrogens with one attached hydrogen (secondary N) is 1. The lowest BCUT2D eigenvalue weighted by Gasteiger charge is -2.39. The SMILES string of the molecule is CCNC1(c2nccs2)CCN(C)CC1. The molecular weight excluding hydrogens is 206 g/mol. The topological polar surface area (TPSA) is 28.2 Å². The van der Waals surface area contributed by atoms with Crippen molar-refractivity contribution in [1.82, 2.24) is 15.2 Å². The molecule has 2 rings (SSSR count). The van der Waals surface area contributed by atoms with E-state index in [0.29, 0.717) is 0 Å². The van der Waals surface area contributed by atoms with Crippen molar-refractivity contribution >= 4 is 11.3 Å². The van der Waals surface area contributed by atoms with Crippen molar-refractivity contribution in [3.8, 4) is 0 Å². The van der Waals surface area contributed by atoms with Crippen LogP contribution >= 0.6 is 11.3 Å². The Labute approximate surface area is 95.5 Å². The highest BCUT2D eigenvalue weighted by molar-refractivity contribution is 7.09. The molecule has 0 aromatic carbocycles. The highest BCUT2D eigenvalue weighted by atomic mass is 32.1. The Morgan fingerprint density at radius 2 is 2.27 bits per heavy atom. The molecule has 1 saturated heterocycles. The van der Waals surface area contributed by atoms with Crippen LogP contribution in [0.3, 0.4) is 0 Å². The third-order valence-corrected chi connectivity index (χ3v) is 4.17. The van der Waals surface area contributed by atoms with Gasteiger partial charge in [-0.3, -0.25) is 0 Å². The second-order valence-electron chi connectivity index (χ2n) is 4.25. The zero-order valence-electron chi connectivity index (χ0n) is 9.49. The molecule has 1 aromatic rings. The molecule has 1 N–H and O–H groups in total. The van der Waals surface area contributed by atoms with Crippen molar-refractivity contribution in [3.63, 3.8) is 0 Å².